The van der Waals surface area contributed by atoms with Gasteiger partial charge in [0.2, 0.25) is 5.91 Å². The topological polar surface area (TPSA) is 77.5 Å². The van der Waals surface area contributed by atoms with Gasteiger partial charge in [0, 0.05) is 18.4 Å². The molecule has 0 aromatic carbocycles. The second kappa shape index (κ2) is 9.44. The second-order valence-electron chi connectivity index (χ2n) is 4.07. The zero-order valence-corrected chi connectivity index (χ0v) is 12.6. The van der Waals surface area contributed by atoms with Gasteiger partial charge in [0.25, 0.3) is 0 Å². The molecule has 1 amide bonds. The molecule has 0 fully saturated rings. The van der Waals surface area contributed by atoms with Crippen LogP contribution in [0.1, 0.15) is 31.9 Å². The maximum absolute atomic E-state index is 11.6. The van der Waals surface area contributed by atoms with E-state index in [1.165, 1.54) is 18.4 Å². The molecule has 0 saturated carbocycles. The molecular weight excluding hydrogens is 280 g/mol. The monoisotopic (exact) mass is 300 g/mol. The summed E-state index contributed by atoms with van der Waals surface area (Å²) in [7, 11) is 1.38. The molecule has 0 radical (unpaired) electrons. The first-order chi connectivity index (χ1) is 9.65. The number of hydrogen-bond acceptors (Lipinski definition) is 6. The molecule has 0 aliphatic rings. The number of rotatable bonds is 9. The van der Waals surface area contributed by atoms with E-state index in [0.717, 1.165) is 5.69 Å². The first-order valence-corrected chi connectivity index (χ1v) is 7.42. The molecule has 1 rings (SSSR count). The number of aromatic nitrogens is 1. The highest BCUT2D eigenvalue weighted by molar-refractivity contribution is 7.13. The Morgan fingerprint density at radius 2 is 2.20 bits per heavy atom. The van der Waals surface area contributed by atoms with Crippen molar-refractivity contribution in [3.05, 3.63) is 11.1 Å². The van der Waals surface area contributed by atoms with Crippen molar-refractivity contribution in [3.8, 4) is 0 Å². The molecule has 0 atom stereocenters. The van der Waals surface area contributed by atoms with Crippen molar-refractivity contribution in [1.82, 2.24) is 4.98 Å². The fourth-order valence-corrected chi connectivity index (χ4v) is 2.25. The highest BCUT2D eigenvalue weighted by Gasteiger charge is 2.07. The summed E-state index contributed by atoms with van der Waals surface area (Å²) in [5.74, 6) is -0.321. The average molecular weight is 300 g/mol. The van der Waals surface area contributed by atoms with Gasteiger partial charge in [-0.2, -0.15) is 0 Å². The minimum Gasteiger partial charge on any atom is -0.469 e. The molecule has 20 heavy (non-hydrogen) atoms. The van der Waals surface area contributed by atoms with Crippen LogP contribution in [0.15, 0.2) is 5.38 Å². The van der Waals surface area contributed by atoms with E-state index >= 15 is 0 Å². The lowest BCUT2D eigenvalue weighted by Gasteiger charge is -2.01. The number of ether oxygens (including phenoxy) is 2. The van der Waals surface area contributed by atoms with Gasteiger partial charge in [-0.05, 0) is 19.8 Å². The number of nitrogens with zero attached hydrogens (tertiary/aromatic N) is 1. The van der Waals surface area contributed by atoms with Crippen LogP contribution in [-0.2, 0) is 25.5 Å². The average Bonchev–Trinajstić information content (AvgIpc) is 2.86. The van der Waals surface area contributed by atoms with Crippen molar-refractivity contribution in [2.45, 2.75) is 32.6 Å². The number of amides is 1. The fraction of sp³-hybridized carbons (Fsp3) is 0.615. The molecule has 0 saturated heterocycles. The largest absolute Gasteiger partial charge is 0.469 e. The van der Waals surface area contributed by atoms with Gasteiger partial charge < -0.3 is 14.8 Å². The highest BCUT2D eigenvalue weighted by Crippen LogP contribution is 2.17. The van der Waals surface area contributed by atoms with Gasteiger partial charge in [0.1, 0.15) is 0 Å². The number of nitrogens with one attached hydrogen (secondary N) is 1. The van der Waals surface area contributed by atoms with Crippen LogP contribution in [0, 0.1) is 0 Å². The normalized spacial score (nSPS) is 10.3. The molecule has 1 aromatic rings. The van der Waals surface area contributed by atoms with E-state index in [1.54, 1.807) is 0 Å². The summed E-state index contributed by atoms with van der Waals surface area (Å²) in [4.78, 5) is 26.8. The molecule has 0 bridgehead atoms. The minimum absolute atomic E-state index is 0.103. The van der Waals surface area contributed by atoms with E-state index in [2.05, 4.69) is 15.0 Å². The van der Waals surface area contributed by atoms with Crippen LogP contribution in [0.2, 0.25) is 0 Å². The Bertz CT molecular complexity index is 434. The molecule has 1 heterocycles. The Morgan fingerprint density at radius 3 is 2.90 bits per heavy atom. The van der Waals surface area contributed by atoms with Crippen LogP contribution >= 0.6 is 11.3 Å². The molecule has 1 aromatic heterocycles. The first-order valence-electron chi connectivity index (χ1n) is 6.54. The third-order valence-electron chi connectivity index (χ3n) is 2.52. The summed E-state index contributed by atoms with van der Waals surface area (Å²) in [6.45, 7) is 2.91. The van der Waals surface area contributed by atoms with Crippen molar-refractivity contribution >= 4 is 28.3 Å². The number of carbonyl (C=O) groups excluding carboxylic acids is 2. The second-order valence-corrected chi connectivity index (χ2v) is 4.93. The number of carbonyl (C=O) groups is 2. The van der Waals surface area contributed by atoms with Gasteiger partial charge >= 0.3 is 5.97 Å². The summed E-state index contributed by atoms with van der Waals surface area (Å²) >= 11 is 1.38. The number of anilines is 1. The molecule has 112 valence electrons. The number of hydrogen-bond donors (Lipinski definition) is 1. The summed E-state index contributed by atoms with van der Waals surface area (Å²) in [5, 5.41) is 5.20. The van der Waals surface area contributed by atoms with E-state index in [9.17, 15) is 9.59 Å². The molecule has 0 unspecified atom stereocenters. The van der Waals surface area contributed by atoms with Crippen LogP contribution in [-0.4, -0.2) is 37.2 Å². The highest BCUT2D eigenvalue weighted by atomic mass is 32.1. The Balaban J connectivity index is 2.28. The Morgan fingerprint density at radius 1 is 1.40 bits per heavy atom. The molecule has 0 spiro atoms. The molecule has 6 nitrogen and oxygen atoms in total. The van der Waals surface area contributed by atoms with Crippen molar-refractivity contribution < 1.29 is 19.1 Å². The maximum atomic E-state index is 11.6. The SMILES string of the molecule is CCOCCC(=O)Nc1nc(CCCC(=O)OC)cs1. The van der Waals surface area contributed by atoms with Gasteiger partial charge in [-0.15, -0.1) is 11.3 Å². The van der Waals surface area contributed by atoms with Crippen LogP contribution in [0.4, 0.5) is 5.13 Å². The molecule has 0 aliphatic heterocycles. The zero-order chi connectivity index (χ0) is 14.8. The van der Waals surface area contributed by atoms with Crippen molar-refractivity contribution in [2.24, 2.45) is 0 Å². The Kier molecular flexibility index (Phi) is 7.82. The van der Waals surface area contributed by atoms with Crippen molar-refractivity contribution in [1.29, 1.82) is 0 Å². The minimum atomic E-state index is -0.218. The third-order valence-corrected chi connectivity index (χ3v) is 3.32. The molecule has 7 heteroatoms. The van der Waals surface area contributed by atoms with Crippen molar-refractivity contribution in [3.63, 3.8) is 0 Å². The quantitative estimate of drug-likeness (QED) is 0.557. The van der Waals surface area contributed by atoms with E-state index in [1.807, 2.05) is 12.3 Å². The Hall–Kier alpha value is -1.47. The van der Waals surface area contributed by atoms with Gasteiger partial charge in [0.15, 0.2) is 5.13 Å². The van der Waals surface area contributed by atoms with Crippen molar-refractivity contribution in [2.75, 3.05) is 25.6 Å². The van der Waals surface area contributed by atoms with Gasteiger partial charge in [0.05, 0.1) is 25.8 Å². The van der Waals surface area contributed by atoms with Gasteiger partial charge in [-0.3, -0.25) is 9.59 Å². The van der Waals surface area contributed by atoms with Crippen LogP contribution in [0.5, 0.6) is 0 Å². The lowest BCUT2D eigenvalue weighted by atomic mass is 10.2. The maximum Gasteiger partial charge on any atom is 0.305 e. The third kappa shape index (κ3) is 6.63. The van der Waals surface area contributed by atoms with E-state index in [4.69, 9.17) is 4.74 Å². The smallest absolute Gasteiger partial charge is 0.305 e. The standard InChI is InChI=1S/C13H20N2O4S/c1-3-19-8-7-11(16)15-13-14-10(9-20-13)5-4-6-12(17)18-2/h9H,3-8H2,1-2H3,(H,14,15,16). The van der Waals surface area contributed by atoms with E-state index in [0.29, 0.717) is 44.0 Å². The number of esters is 1. The fourth-order valence-electron chi connectivity index (χ4n) is 1.49. The van der Waals surface area contributed by atoms with Gasteiger partial charge in [-0.1, -0.05) is 0 Å². The summed E-state index contributed by atoms with van der Waals surface area (Å²) in [5.41, 5.74) is 0.874. The summed E-state index contributed by atoms with van der Waals surface area (Å²) in [6.07, 6.45) is 2.09. The molecular formula is C13H20N2O4S. The van der Waals surface area contributed by atoms with Crippen LogP contribution in [0.25, 0.3) is 0 Å². The summed E-state index contributed by atoms with van der Waals surface area (Å²) in [6, 6.07) is 0. The Labute approximate surface area is 122 Å². The lowest BCUT2D eigenvalue weighted by Crippen LogP contribution is -2.14. The molecule has 1 N–H and O–H groups in total. The number of methoxy groups -OCH3 is 1. The van der Waals surface area contributed by atoms with Gasteiger partial charge in [-0.25, -0.2) is 4.98 Å². The van der Waals surface area contributed by atoms with Crippen LogP contribution in [0.3, 0.4) is 0 Å². The lowest BCUT2D eigenvalue weighted by molar-refractivity contribution is -0.140. The van der Waals surface area contributed by atoms with E-state index in [-0.39, 0.29) is 11.9 Å². The summed E-state index contributed by atoms with van der Waals surface area (Å²) < 4.78 is 9.68. The molecule has 0 aliphatic carbocycles. The zero-order valence-electron chi connectivity index (χ0n) is 11.8. The number of thiazole rings is 1. The van der Waals surface area contributed by atoms with E-state index < -0.39 is 0 Å². The van der Waals surface area contributed by atoms with Crippen LogP contribution < -0.4 is 5.32 Å². The predicted octanol–water partition coefficient (Wildman–Crippen LogP) is 2.00. The number of aryl methyl sites for hydroxylation is 1. The first kappa shape index (κ1) is 16.6. The predicted molar refractivity (Wildman–Crippen MR) is 76.8 cm³/mol.